The molecule has 2 aromatic carbocycles. The van der Waals surface area contributed by atoms with E-state index < -0.39 is 0 Å². The van der Waals surface area contributed by atoms with Gasteiger partial charge in [-0.2, -0.15) is 0 Å². The lowest BCUT2D eigenvalue weighted by Gasteiger charge is -2.10. The third kappa shape index (κ3) is 3.07. The van der Waals surface area contributed by atoms with E-state index in [2.05, 4.69) is 40.7 Å². The average molecular weight is 306 g/mol. The van der Waals surface area contributed by atoms with Crippen LogP contribution < -0.4 is 17.1 Å². The number of nitrogens with two attached hydrogens (primary N) is 2. The van der Waals surface area contributed by atoms with Crippen molar-refractivity contribution >= 4 is 5.84 Å². The second-order valence-electron chi connectivity index (χ2n) is 5.17. The van der Waals surface area contributed by atoms with E-state index in [1.807, 2.05) is 35.0 Å². The minimum absolute atomic E-state index is 0.353. The van der Waals surface area contributed by atoms with Gasteiger partial charge in [0, 0.05) is 23.6 Å². The Bertz CT molecular complexity index is 819. The van der Waals surface area contributed by atoms with Gasteiger partial charge in [0.15, 0.2) is 5.84 Å². The number of aromatic nitrogens is 2. The van der Waals surface area contributed by atoms with Gasteiger partial charge in [0.25, 0.3) is 0 Å². The lowest BCUT2D eigenvalue weighted by atomic mass is 9.99. The SMILES string of the molecule is Cc1cc(-n2ccnc2)ccc1-c1ccc(/C(N)=N/NN)cc1. The van der Waals surface area contributed by atoms with E-state index in [9.17, 15) is 0 Å². The van der Waals surface area contributed by atoms with Crippen LogP contribution in [0.1, 0.15) is 11.1 Å². The summed E-state index contributed by atoms with van der Waals surface area (Å²) >= 11 is 0. The first-order valence-corrected chi connectivity index (χ1v) is 7.17. The number of nitrogens with one attached hydrogen (secondary N) is 1. The van der Waals surface area contributed by atoms with Crippen LogP contribution in [0.15, 0.2) is 66.3 Å². The zero-order chi connectivity index (χ0) is 16.2. The van der Waals surface area contributed by atoms with Crippen molar-refractivity contribution in [2.45, 2.75) is 6.92 Å². The number of hydrogen-bond donors (Lipinski definition) is 3. The van der Waals surface area contributed by atoms with Crippen molar-refractivity contribution in [1.29, 1.82) is 0 Å². The van der Waals surface area contributed by atoms with Gasteiger partial charge in [-0.05, 0) is 35.7 Å². The highest BCUT2D eigenvalue weighted by molar-refractivity contribution is 5.97. The number of amidine groups is 1. The number of aryl methyl sites for hydroxylation is 1. The maximum atomic E-state index is 5.80. The Morgan fingerprint density at radius 3 is 2.57 bits per heavy atom. The summed E-state index contributed by atoms with van der Waals surface area (Å²) < 4.78 is 1.98. The quantitative estimate of drug-likeness (QED) is 0.297. The first kappa shape index (κ1) is 14.8. The predicted molar refractivity (Wildman–Crippen MR) is 91.8 cm³/mol. The summed E-state index contributed by atoms with van der Waals surface area (Å²) in [6, 6.07) is 14.2. The molecule has 0 amide bonds. The lowest BCUT2D eigenvalue weighted by Crippen LogP contribution is -2.22. The smallest absolute Gasteiger partial charge is 0.152 e. The molecule has 6 heteroatoms. The van der Waals surface area contributed by atoms with Crippen LogP contribution in [0.3, 0.4) is 0 Å². The highest BCUT2D eigenvalue weighted by atomic mass is 15.5. The molecule has 0 unspecified atom stereocenters. The number of benzene rings is 2. The van der Waals surface area contributed by atoms with E-state index in [1.54, 1.807) is 12.5 Å². The first-order valence-electron chi connectivity index (χ1n) is 7.17. The number of hydrazone groups is 1. The van der Waals surface area contributed by atoms with Gasteiger partial charge in [0.1, 0.15) is 0 Å². The molecule has 0 bridgehead atoms. The minimum Gasteiger partial charge on any atom is -0.382 e. The van der Waals surface area contributed by atoms with Crippen molar-refractivity contribution < 1.29 is 0 Å². The molecule has 0 spiro atoms. The lowest BCUT2D eigenvalue weighted by molar-refractivity contribution is 0.804. The van der Waals surface area contributed by atoms with E-state index >= 15 is 0 Å². The zero-order valence-corrected chi connectivity index (χ0v) is 12.8. The monoisotopic (exact) mass is 306 g/mol. The van der Waals surface area contributed by atoms with Crippen LogP contribution in [-0.4, -0.2) is 15.4 Å². The second-order valence-corrected chi connectivity index (χ2v) is 5.17. The molecule has 0 aliphatic heterocycles. The summed E-state index contributed by atoms with van der Waals surface area (Å²) in [7, 11) is 0. The number of imidazole rings is 1. The Morgan fingerprint density at radius 1 is 1.17 bits per heavy atom. The Labute approximate surface area is 134 Å². The fourth-order valence-corrected chi connectivity index (χ4v) is 2.50. The van der Waals surface area contributed by atoms with Crippen LogP contribution >= 0.6 is 0 Å². The van der Waals surface area contributed by atoms with Crippen LogP contribution in [0.4, 0.5) is 0 Å². The molecule has 6 nitrogen and oxygen atoms in total. The van der Waals surface area contributed by atoms with Crippen LogP contribution in [0, 0.1) is 6.92 Å². The van der Waals surface area contributed by atoms with Crippen molar-refractivity contribution in [3.8, 4) is 16.8 Å². The molecule has 3 aromatic rings. The fraction of sp³-hybridized carbons (Fsp3) is 0.0588. The van der Waals surface area contributed by atoms with Gasteiger partial charge in [-0.15, -0.1) is 5.10 Å². The van der Waals surface area contributed by atoms with Gasteiger partial charge in [0.05, 0.1) is 6.33 Å². The molecular formula is C17H18N6. The standard InChI is InChI=1S/C17H18N6/c1-12-10-15(23-9-8-20-11-23)6-7-16(12)13-2-4-14(5-3-13)17(18)21-22-19/h2-11,22H,19H2,1H3,(H2,18,21). The van der Waals surface area contributed by atoms with E-state index in [-0.39, 0.29) is 0 Å². The van der Waals surface area contributed by atoms with Crippen LogP contribution in [-0.2, 0) is 0 Å². The van der Waals surface area contributed by atoms with E-state index in [0.29, 0.717) is 5.84 Å². The maximum absolute atomic E-state index is 5.80. The van der Waals surface area contributed by atoms with Gasteiger partial charge in [-0.3, -0.25) is 0 Å². The third-order valence-corrected chi connectivity index (χ3v) is 3.69. The predicted octanol–water partition coefficient (Wildman–Crippen LogP) is 1.93. The Hall–Kier alpha value is -3.12. The molecule has 0 radical (unpaired) electrons. The van der Waals surface area contributed by atoms with Gasteiger partial charge in [0.2, 0.25) is 0 Å². The number of hydrogen-bond acceptors (Lipinski definition) is 4. The molecule has 0 saturated heterocycles. The molecular weight excluding hydrogens is 288 g/mol. The summed E-state index contributed by atoms with van der Waals surface area (Å²) in [5, 5.41) is 3.77. The number of rotatable bonds is 4. The maximum Gasteiger partial charge on any atom is 0.152 e. The topological polar surface area (TPSA) is 94.2 Å². The molecule has 0 fully saturated rings. The molecule has 1 aromatic heterocycles. The van der Waals surface area contributed by atoms with Crippen molar-refractivity contribution in [3.05, 3.63) is 72.3 Å². The summed E-state index contributed by atoms with van der Waals surface area (Å²) in [5.41, 5.74) is 13.4. The zero-order valence-electron chi connectivity index (χ0n) is 12.8. The minimum atomic E-state index is 0.353. The van der Waals surface area contributed by atoms with Crippen molar-refractivity contribution in [1.82, 2.24) is 15.1 Å². The summed E-state index contributed by atoms with van der Waals surface area (Å²) in [4.78, 5) is 4.08. The van der Waals surface area contributed by atoms with E-state index in [1.165, 1.54) is 11.1 Å². The number of hydrazine groups is 1. The Kier molecular flexibility index (Phi) is 4.07. The van der Waals surface area contributed by atoms with Gasteiger partial charge in [-0.1, -0.05) is 30.3 Å². The summed E-state index contributed by atoms with van der Waals surface area (Å²) in [6.45, 7) is 2.10. The molecule has 0 atom stereocenters. The average Bonchev–Trinajstić information content (AvgIpc) is 3.10. The third-order valence-electron chi connectivity index (χ3n) is 3.69. The first-order chi connectivity index (χ1) is 11.2. The Morgan fingerprint density at radius 2 is 1.96 bits per heavy atom. The van der Waals surface area contributed by atoms with Crippen molar-refractivity contribution in [2.75, 3.05) is 0 Å². The van der Waals surface area contributed by atoms with Crippen molar-refractivity contribution in [3.63, 3.8) is 0 Å². The highest BCUT2D eigenvalue weighted by Gasteiger charge is 2.05. The molecule has 0 aliphatic rings. The highest BCUT2D eigenvalue weighted by Crippen LogP contribution is 2.25. The molecule has 23 heavy (non-hydrogen) atoms. The van der Waals surface area contributed by atoms with Crippen LogP contribution in [0.25, 0.3) is 16.8 Å². The molecule has 5 N–H and O–H groups in total. The molecule has 0 saturated carbocycles. The fourth-order valence-electron chi connectivity index (χ4n) is 2.50. The van der Waals surface area contributed by atoms with E-state index in [4.69, 9.17) is 11.6 Å². The molecule has 116 valence electrons. The van der Waals surface area contributed by atoms with Crippen LogP contribution in [0.2, 0.25) is 0 Å². The largest absolute Gasteiger partial charge is 0.382 e. The normalized spacial score (nSPS) is 11.5. The van der Waals surface area contributed by atoms with Gasteiger partial charge < -0.3 is 10.3 Å². The van der Waals surface area contributed by atoms with Crippen LogP contribution in [0.5, 0.6) is 0 Å². The molecule has 3 rings (SSSR count). The van der Waals surface area contributed by atoms with Gasteiger partial charge >= 0.3 is 0 Å². The Balaban J connectivity index is 1.91. The second kappa shape index (κ2) is 6.33. The molecule has 1 heterocycles. The van der Waals surface area contributed by atoms with E-state index in [0.717, 1.165) is 16.8 Å². The molecule has 0 aliphatic carbocycles. The van der Waals surface area contributed by atoms with Gasteiger partial charge in [-0.25, -0.2) is 16.4 Å². The number of nitrogens with zero attached hydrogens (tertiary/aromatic N) is 3. The summed E-state index contributed by atoms with van der Waals surface area (Å²) in [5.74, 6) is 5.49. The summed E-state index contributed by atoms with van der Waals surface area (Å²) in [6.07, 6.45) is 5.48. The van der Waals surface area contributed by atoms with Crippen molar-refractivity contribution in [2.24, 2.45) is 16.7 Å².